The van der Waals surface area contributed by atoms with Crippen molar-refractivity contribution in [2.45, 2.75) is 13.8 Å². The number of aromatic amines is 1. The zero-order valence-corrected chi connectivity index (χ0v) is 20.8. The van der Waals surface area contributed by atoms with Crippen LogP contribution >= 0.6 is 11.3 Å². The monoisotopic (exact) mass is 503 g/mol. The van der Waals surface area contributed by atoms with E-state index in [0.29, 0.717) is 65.7 Å². The number of aromatic nitrogens is 3. The number of carbonyl (C=O) groups is 3. The number of piperazine rings is 1. The first-order chi connectivity index (χ1) is 17.5. The van der Waals surface area contributed by atoms with E-state index in [0.717, 1.165) is 10.4 Å². The van der Waals surface area contributed by atoms with Gasteiger partial charge in [0.05, 0.1) is 28.8 Å². The maximum Gasteiger partial charge on any atom is 0.295 e. The van der Waals surface area contributed by atoms with Crippen molar-refractivity contribution in [3.63, 3.8) is 0 Å². The van der Waals surface area contributed by atoms with Gasteiger partial charge in [-0.1, -0.05) is 29.5 Å². The van der Waals surface area contributed by atoms with Gasteiger partial charge in [0.25, 0.3) is 22.8 Å². The van der Waals surface area contributed by atoms with E-state index in [1.165, 1.54) is 16.2 Å². The summed E-state index contributed by atoms with van der Waals surface area (Å²) >= 11 is 1.37. The molecule has 0 spiro atoms. The Kier molecular flexibility index (Phi) is 6.51. The third kappa shape index (κ3) is 4.35. The molecule has 2 amide bonds. The summed E-state index contributed by atoms with van der Waals surface area (Å²) in [6.07, 6.45) is 4.96. The van der Waals surface area contributed by atoms with Crippen molar-refractivity contribution >= 4 is 39.8 Å². The topological polar surface area (TPSA) is 108 Å². The Morgan fingerprint density at radius 1 is 1.03 bits per heavy atom. The number of thiazole rings is 1. The van der Waals surface area contributed by atoms with Gasteiger partial charge in [0, 0.05) is 49.5 Å². The molecular formula is C26H25N5O4S. The average molecular weight is 504 g/mol. The van der Waals surface area contributed by atoms with Crippen molar-refractivity contribution in [3.8, 4) is 15.8 Å². The Labute approximate surface area is 211 Å². The molecule has 0 radical (unpaired) electrons. The van der Waals surface area contributed by atoms with Gasteiger partial charge in [-0.2, -0.15) is 0 Å². The second-order valence-electron chi connectivity index (χ2n) is 8.45. The molecular weight excluding hydrogens is 478 g/mol. The normalized spacial score (nSPS) is 13.7. The number of amides is 2. The molecule has 10 heteroatoms. The highest BCUT2D eigenvalue weighted by molar-refractivity contribution is 7.16. The molecule has 0 aliphatic carbocycles. The summed E-state index contributed by atoms with van der Waals surface area (Å²) < 4.78 is 5.47. The number of ketones is 1. The summed E-state index contributed by atoms with van der Waals surface area (Å²) in [5.74, 6) is -1.22. The third-order valence-electron chi connectivity index (χ3n) is 6.20. The van der Waals surface area contributed by atoms with Gasteiger partial charge < -0.3 is 19.5 Å². The molecule has 9 nitrogen and oxygen atoms in total. The highest BCUT2D eigenvalue weighted by Gasteiger charge is 2.31. The maximum absolute atomic E-state index is 13.3. The number of rotatable bonds is 6. The van der Waals surface area contributed by atoms with Crippen LogP contribution in [0.15, 0.2) is 48.9 Å². The summed E-state index contributed by atoms with van der Waals surface area (Å²) in [6.45, 7) is 5.63. The zero-order chi connectivity index (χ0) is 25.2. The van der Waals surface area contributed by atoms with Gasteiger partial charge in [0.2, 0.25) is 0 Å². The van der Waals surface area contributed by atoms with Crippen LogP contribution in [0.5, 0.6) is 5.19 Å². The van der Waals surface area contributed by atoms with E-state index < -0.39 is 11.7 Å². The zero-order valence-electron chi connectivity index (χ0n) is 20.0. The Morgan fingerprint density at radius 2 is 1.75 bits per heavy atom. The van der Waals surface area contributed by atoms with E-state index in [4.69, 9.17) is 4.74 Å². The molecule has 0 saturated carbocycles. The Hall–Kier alpha value is -4.05. The highest BCUT2D eigenvalue weighted by atomic mass is 32.1. The van der Waals surface area contributed by atoms with Crippen LogP contribution < -0.4 is 4.74 Å². The molecule has 0 unspecified atom stereocenters. The van der Waals surface area contributed by atoms with Crippen LogP contribution in [0.1, 0.15) is 33.2 Å². The molecule has 5 rings (SSSR count). The fourth-order valence-corrected chi connectivity index (χ4v) is 5.20. The Balaban J connectivity index is 1.34. The quantitative estimate of drug-likeness (QED) is 0.318. The highest BCUT2D eigenvalue weighted by Crippen LogP contribution is 2.35. The van der Waals surface area contributed by atoms with Gasteiger partial charge in [-0.3, -0.25) is 19.4 Å². The molecule has 1 fully saturated rings. The third-order valence-corrected chi connectivity index (χ3v) is 7.11. The van der Waals surface area contributed by atoms with E-state index in [-0.39, 0.29) is 5.91 Å². The van der Waals surface area contributed by atoms with Crippen molar-refractivity contribution in [1.82, 2.24) is 24.8 Å². The van der Waals surface area contributed by atoms with Crippen LogP contribution in [0.4, 0.5) is 0 Å². The lowest BCUT2D eigenvalue weighted by Crippen LogP contribution is -2.52. The fourth-order valence-electron chi connectivity index (χ4n) is 4.37. The largest absolute Gasteiger partial charge is 0.470 e. The second-order valence-corrected chi connectivity index (χ2v) is 9.44. The van der Waals surface area contributed by atoms with E-state index in [9.17, 15) is 14.4 Å². The minimum absolute atomic E-state index is 0.0723. The first kappa shape index (κ1) is 23.7. The number of aryl methyl sites for hydroxylation is 1. The van der Waals surface area contributed by atoms with Crippen LogP contribution in [-0.4, -0.2) is 75.1 Å². The van der Waals surface area contributed by atoms with Gasteiger partial charge in [-0.15, -0.1) is 0 Å². The molecule has 4 heterocycles. The number of nitrogens with one attached hydrogen (secondary N) is 1. The first-order valence-electron chi connectivity index (χ1n) is 11.7. The molecule has 1 aromatic carbocycles. The smallest absolute Gasteiger partial charge is 0.295 e. The number of benzene rings is 1. The minimum atomic E-state index is -0.580. The number of fused-ring (bicyclic) bond motifs is 1. The van der Waals surface area contributed by atoms with Crippen LogP contribution in [-0.2, 0) is 4.79 Å². The Bertz CT molecular complexity index is 1440. The van der Waals surface area contributed by atoms with Crippen LogP contribution in [0.3, 0.4) is 0 Å². The number of ether oxygens (including phenoxy) is 1. The molecule has 4 aromatic rings. The van der Waals surface area contributed by atoms with Crippen LogP contribution in [0.25, 0.3) is 21.5 Å². The molecule has 1 N–H and O–H groups in total. The van der Waals surface area contributed by atoms with Crippen molar-refractivity contribution in [2.24, 2.45) is 0 Å². The predicted molar refractivity (Wildman–Crippen MR) is 136 cm³/mol. The molecule has 36 heavy (non-hydrogen) atoms. The van der Waals surface area contributed by atoms with Crippen LogP contribution in [0.2, 0.25) is 0 Å². The van der Waals surface area contributed by atoms with E-state index in [2.05, 4.69) is 15.0 Å². The molecule has 1 aliphatic rings. The molecule has 184 valence electrons. The number of carbonyl (C=O) groups excluding carboxylic acids is 3. The van der Waals surface area contributed by atoms with Crippen LogP contribution in [0, 0.1) is 6.92 Å². The predicted octanol–water partition coefficient (Wildman–Crippen LogP) is 3.56. The number of hydrogen-bond acceptors (Lipinski definition) is 7. The number of pyridine rings is 1. The van der Waals surface area contributed by atoms with E-state index in [1.807, 2.05) is 32.0 Å². The lowest BCUT2D eigenvalue weighted by Gasteiger charge is -2.34. The van der Waals surface area contributed by atoms with Crippen molar-refractivity contribution < 1.29 is 19.1 Å². The number of Topliss-reactive ketones (excluding diaryl/α,β-unsaturated/α-hetero) is 1. The summed E-state index contributed by atoms with van der Waals surface area (Å²) in [4.78, 5) is 55.1. The maximum atomic E-state index is 13.3. The van der Waals surface area contributed by atoms with E-state index in [1.54, 1.807) is 35.6 Å². The van der Waals surface area contributed by atoms with Crippen molar-refractivity contribution in [3.05, 3.63) is 65.6 Å². The lowest BCUT2D eigenvalue weighted by atomic mass is 10.0. The summed E-state index contributed by atoms with van der Waals surface area (Å²) in [5, 5.41) is 1.22. The van der Waals surface area contributed by atoms with E-state index >= 15 is 0 Å². The molecule has 0 bridgehead atoms. The molecule has 0 atom stereocenters. The van der Waals surface area contributed by atoms with Gasteiger partial charge in [-0.05, 0) is 31.5 Å². The number of hydrogen-bond donors (Lipinski definition) is 1. The molecule has 1 aliphatic heterocycles. The van der Waals surface area contributed by atoms with Gasteiger partial charge in [0.1, 0.15) is 5.69 Å². The summed E-state index contributed by atoms with van der Waals surface area (Å²) in [7, 11) is 0. The Morgan fingerprint density at radius 3 is 2.47 bits per heavy atom. The minimum Gasteiger partial charge on any atom is -0.470 e. The number of H-pyrrole nitrogens is 1. The standard InChI is InChI=1S/C26H25N5O4S/c1-3-35-26-29-15-19(36-26)21-22-20(16(2)13-27-21)18(14-28-22)23(32)25(34)31-11-9-30(10-12-31)24(33)17-7-5-4-6-8-17/h4-8,13-15,28H,3,9-12H2,1-2H3. The SMILES string of the molecule is CCOc1ncc(-c2ncc(C)c3c(C(=O)C(=O)N4CCN(C(=O)c5ccccc5)CC4)c[nH]c23)s1. The van der Waals surface area contributed by atoms with Gasteiger partial charge in [0.15, 0.2) is 0 Å². The average Bonchev–Trinajstić information content (AvgIpc) is 3.57. The first-order valence-corrected chi connectivity index (χ1v) is 12.5. The molecule has 3 aromatic heterocycles. The van der Waals surface area contributed by atoms with Crippen molar-refractivity contribution in [2.75, 3.05) is 32.8 Å². The van der Waals surface area contributed by atoms with Gasteiger partial charge >= 0.3 is 0 Å². The summed E-state index contributed by atoms with van der Waals surface area (Å²) in [6, 6.07) is 9.05. The fraction of sp³-hybridized carbons (Fsp3) is 0.269. The molecule has 1 saturated heterocycles. The van der Waals surface area contributed by atoms with Crippen molar-refractivity contribution in [1.29, 1.82) is 0 Å². The lowest BCUT2D eigenvalue weighted by molar-refractivity contribution is -0.127. The second kappa shape index (κ2) is 9.90. The summed E-state index contributed by atoms with van der Waals surface area (Å²) in [5.41, 5.74) is 3.04. The number of nitrogens with zero attached hydrogens (tertiary/aromatic N) is 4. The van der Waals surface area contributed by atoms with Gasteiger partial charge in [-0.25, -0.2) is 4.98 Å².